The molecule has 0 aliphatic heterocycles. The van der Waals surface area contributed by atoms with E-state index in [-0.39, 0.29) is 21.1 Å². The number of aromatic nitrogens is 2. The topological polar surface area (TPSA) is 62.8 Å². The number of alkyl halides is 3. The number of benzene rings is 3. The van der Waals surface area contributed by atoms with Crippen molar-refractivity contribution in [1.82, 2.24) is 9.97 Å². The van der Waals surface area contributed by atoms with Crippen LogP contribution in [-0.2, 0) is 16.0 Å². The standard InChI is InChI=1S/C20H12BrF3N2O2S/c21-14-5-7-15(8-6-14)29(27,28)16-3-1-2-12(10-16)19-25-17-9-4-13(20(22,23)24)11-18(17)26-19/h1-11H,(H,25,26). The van der Waals surface area contributed by atoms with E-state index in [2.05, 4.69) is 25.9 Å². The maximum Gasteiger partial charge on any atom is 0.416 e. The number of rotatable bonds is 3. The fourth-order valence-corrected chi connectivity index (χ4v) is 4.45. The average Bonchev–Trinajstić information content (AvgIpc) is 3.11. The highest BCUT2D eigenvalue weighted by atomic mass is 79.9. The molecule has 148 valence electrons. The Balaban J connectivity index is 1.76. The van der Waals surface area contributed by atoms with Crippen LogP contribution >= 0.6 is 15.9 Å². The highest BCUT2D eigenvalue weighted by Crippen LogP contribution is 2.32. The number of aromatic amines is 1. The van der Waals surface area contributed by atoms with Gasteiger partial charge >= 0.3 is 6.18 Å². The minimum Gasteiger partial charge on any atom is -0.338 e. The summed E-state index contributed by atoms with van der Waals surface area (Å²) in [5.41, 5.74) is 0.241. The van der Waals surface area contributed by atoms with Crippen LogP contribution in [0.1, 0.15) is 5.56 Å². The monoisotopic (exact) mass is 480 g/mol. The molecule has 9 heteroatoms. The lowest BCUT2D eigenvalue weighted by Gasteiger charge is -2.06. The molecule has 0 aliphatic rings. The molecular formula is C20H12BrF3N2O2S. The zero-order chi connectivity index (χ0) is 20.8. The van der Waals surface area contributed by atoms with E-state index in [1.807, 2.05) is 0 Å². The van der Waals surface area contributed by atoms with Crippen molar-refractivity contribution in [3.8, 4) is 11.4 Å². The van der Waals surface area contributed by atoms with Crippen LogP contribution in [0.2, 0.25) is 0 Å². The number of sulfone groups is 1. The molecule has 0 saturated carbocycles. The summed E-state index contributed by atoms with van der Waals surface area (Å²) >= 11 is 3.27. The minimum absolute atomic E-state index is 0.0637. The summed E-state index contributed by atoms with van der Waals surface area (Å²) in [6.07, 6.45) is -4.46. The van der Waals surface area contributed by atoms with Crippen LogP contribution in [0.3, 0.4) is 0 Å². The SMILES string of the molecule is O=S(=O)(c1ccc(Br)cc1)c1cccc(-c2nc3ccc(C(F)(F)F)cc3[nH]2)c1. The Kier molecular flexibility index (Phi) is 4.74. The molecule has 0 radical (unpaired) electrons. The lowest BCUT2D eigenvalue weighted by Crippen LogP contribution is -2.04. The summed E-state index contributed by atoms with van der Waals surface area (Å²) in [5, 5.41) is 0. The molecule has 0 saturated heterocycles. The smallest absolute Gasteiger partial charge is 0.338 e. The molecule has 0 spiro atoms. The normalized spacial score (nSPS) is 12.4. The highest BCUT2D eigenvalue weighted by Gasteiger charge is 2.30. The third-order valence-corrected chi connectivity index (χ3v) is 6.65. The number of imidazole rings is 1. The minimum atomic E-state index is -4.46. The van der Waals surface area contributed by atoms with Gasteiger partial charge in [-0.25, -0.2) is 13.4 Å². The average molecular weight is 481 g/mol. The fraction of sp³-hybridized carbons (Fsp3) is 0.0500. The van der Waals surface area contributed by atoms with Gasteiger partial charge in [-0.3, -0.25) is 0 Å². The Morgan fingerprint density at radius 3 is 2.31 bits per heavy atom. The molecule has 0 aliphatic carbocycles. The molecule has 4 aromatic rings. The van der Waals surface area contributed by atoms with Crippen molar-refractivity contribution in [3.05, 3.63) is 76.8 Å². The van der Waals surface area contributed by atoms with E-state index in [0.29, 0.717) is 11.1 Å². The third-order valence-electron chi connectivity index (χ3n) is 4.35. The molecule has 1 heterocycles. The van der Waals surface area contributed by atoms with Crippen molar-refractivity contribution in [2.75, 3.05) is 0 Å². The van der Waals surface area contributed by atoms with Crippen molar-refractivity contribution >= 4 is 36.8 Å². The first kappa shape index (κ1) is 19.7. The Bertz CT molecular complexity index is 1310. The molecule has 3 aromatic carbocycles. The van der Waals surface area contributed by atoms with Crippen molar-refractivity contribution in [2.24, 2.45) is 0 Å². The molecule has 1 aromatic heterocycles. The van der Waals surface area contributed by atoms with Gasteiger partial charge in [0.15, 0.2) is 0 Å². The van der Waals surface area contributed by atoms with Crippen LogP contribution in [0.25, 0.3) is 22.4 Å². The third kappa shape index (κ3) is 3.79. The summed E-state index contributed by atoms with van der Waals surface area (Å²) in [4.78, 5) is 7.33. The molecule has 0 atom stereocenters. The molecular weight excluding hydrogens is 469 g/mol. The summed E-state index contributed by atoms with van der Waals surface area (Å²) in [6.45, 7) is 0. The van der Waals surface area contributed by atoms with Crippen molar-refractivity contribution in [2.45, 2.75) is 16.0 Å². The molecule has 0 amide bonds. The van der Waals surface area contributed by atoms with Gasteiger partial charge in [-0.1, -0.05) is 28.1 Å². The molecule has 0 bridgehead atoms. The summed E-state index contributed by atoms with van der Waals surface area (Å²) in [5.74, 6) is 0.284. The van der Waals surface area contributed by atoms with E-state index in [1.54, 1.807) is 24.3 Å². The molecule has 1 N–H and O–H groups in total. The molecule has 4 nitrogen and oxygen atoms in total. The van der Waals surface area contributed by atoms with Crippen LogP contribution in [0.15, 0.2) is 81.0 Å². The quantitative estimate of drug-likeness (QED) is 0.400. The molecule has 0 fully saturated rings. The molecule has 0 unspecified atom stereocenters. The number of halogens is 4. The summed E-state index contributed by atoms with van der Waals surface area (Å²) < 4.78 is 65.3. The fourth-order valence-electron chi connectivity index (χ4n) is 2.88. The van der Waals surface area contributed by atoms with E-state index >= 15 is 0 Å². The van der Waals surface area contributed by atoms with Gasteiger partial charge in [0.1, 0.15) is 5.82 Å². The van der Waals surface area contributed by atoms with Gasteiger partial charge in [-0.05, 0) is 54.6 Å². The second-order valence-corrected chi connectivity index (χ2v) is 9.17. The van der Waals surface area contributed by atoms with Gasteiger partial charge in [0.25, 0.3) is 0 Å². The lowest BCUT2D eigenvalue weighted by molar-refractivity contribution is -0.137. The van der Waals surface area contributed by atoms with E-state index in [1.165, 1.54) is 30.3 Å². The van der Waals surface area contributed by atoms with E-state index in [9.17, 15) is 21.6 Å². The maximum atomic E-state index is 12.9. The second kappa shape index (κ2) is 7.00. The first-order valence-electron chi connectivity index (χ1n) is 8.33. The summed E-state index contributed by atoms with van der Waals surface area (Å²) in [6, 6.07) is 15.6. The Morgan fingerprint density at radius 1 is 0.897 bits per heavy atom. The maximum absolute atomic E-state index is 12.9. The highest BCUT2D eigenvalue weighted by molar-refractivity contribution is 9.10. The second-order valence-electron chi connectivity index (χ2n) is 6.30. The van der Waals surface area contributed by atoms with Crippen molar-refractivity contribution in [3.63, 3.8) is 0 Å². The van der Waals surface area contributed by atoms with E-state index in [0.717, 1.165) is 16.6 Å². The predicted molar refractivity (Wildman–Crippen MR) is 106 cm³/mol. The molecule has 4 rings (SSSR count). The van der Waals surface area contributed by atoms with Gasteiger partial charge in [0, 0.05) is 10.0 Å². The summed E-state index contributed by atoms with van der Waals surface area (Å²) in [7, 11) is -3.75. The zero-order valence-electron chi connectivity index (χ0n) is 14.5. The Morgan fingerprint density at radius 2 is 1.62 bits per heavy atom. The van der Waals surface area contributed by atoms with E-state index in [4.69, 9.17) is 0 Å². The van der Waals surface area contributed by atoms with Gasteiger partial charge in [0.2, 0.25) is 9.84 Å². The van der Waals surface area contributed by atoms with Gasteiger partial charge in [0.05, 0.1) is 26.4 Å². The Hall–Kier alpha value is -2.65. The van der Waals surface area contributed by atoms with Crippen molar-refractivity contribution < 1.29 is 21.6 Å². The molecule has 29 heavy (non-hydrogen) atoms. The number of nitrogens with zero attached hydrogens (tertiary/aromatic N) is 1. The van der Waals surface area contributed by atoms with Gasteiger partial charge in [-0.2, -0.15) is 13.2 Å². The zero-order valence-corrected chi connectivity index (χ0v) is 16.9. The van der Waals surface area contributed by atoms with Crippen LogP contribution in [-0.4, -0.2) is 18.4 Å². The van der Waals surface area contributed by atoms with Crippen LogP contribution in [0.5, 0.6) is 0 Å². The predicted octanol–water partition coefficient (Wildman–Crippen LogP) is 5.84. The van der Waals surface area contributed by atoms with E-state index < -0.39 is 21.6 Å². The van der Waals surface area contributed by atoms with Gasteiger partial charge < -0.3 is 4.98 Å². The lowest BCUT2D eigenvalue weighted by atomic mass is 10.2. The first-order chi connectivity index (χ1) is 13.6. The Labute approximate surface area is 172 Å². The van der Waals surface area contributed by atoms with Crippen LogP contribution in [0.4, 0.5) is 13.2 Å². The first-order valence-corrected chi connectivity index (χ1v) is 10.6. The largest absolute Gasteiger partial charge is 0.416 e. The van der Waals surface area contributed by atoms with Crippen LogP contribution in [0, 0.1) is 0 Å². The number of H-pyrrole nitrogens is 1. The number of hydrogen-bond donors (Lipinski definition) is 1. The van der Waals surface area contributed by atoms with Gasteiger partial charge in [-0.15, -0.1) is 0 Å². The number of fused-ring (bicyclic) bond motifs is 1. The van der Waals surface area contributed by atoms with Crippen molar-refractivity contribution in [1.29, 1.82) is 0 Å². The van der Waals surface area contributed by atoms with Crippen LogP contribution < -0.4 is 0 Å². The number of hydrogen-bond acceptors (Lipinski definition) is 3. The number of nitrogens with one attached hydrogen (secondary N) is 1.